The second-order valence-corrected chi connectivity index (χ2v) is 8.33. The molecule has 2 aromatic heterocycles. The quantitative estimate of drug-likeness (QED) is 0.692. The van der Waals surface area contributed by atoms with Gasteiger partial charge in [-0.15, -0.1) is 10.2 Å². The summed E-state index contributed by atoms with van der Waals surface area (Å²) < 4.78 is 5.51. The SMILES string of the molecule is C[C@](N)(CO)c1nnc(-c2ccc(-c3noc(C4CCCCC4)n3)cc2)s1. The molecule has 2 heterocycles. The zero-order chi connectivity index (χ0) is 18.9. The third-order valence-corrected chi connectivity index (χ3v) is 6.28. The lowest BCUT2D eigenvalue weighted by atomic mass is 9.89. The fraction of sp³-hybridized carbons (Fsp3) is 0.474. The molecule has 1 aromatic carbocycles. The maximum Gasteiger partial charge on any atom is 0.230 e. The lowest BCUT2D eigenvalue weighted by Crippen LogP contribution is -2.36. The molecule has 0 aliphatic heterocycles. The Bertz CT molecular complexity index is 897. The van der Waals surface area contributed by atoms with Crippen LogP contribution in [0.4, 0.5) is 0 Å². The molecule has 0 saturated heterocycles. The molecule has 1 aliphatic carbocycles. The lowest BCUT2D eigenvalue weighted by molar-refractivity contribution is 0.209. The standard InChI is InChI=1S/C19H23N5O2S/c1-19(20,11-25)18-23-22-17(27-18)14-9-7-12(8-10-14)15-21-16(26-24-15)13-5-3-2-4-6-13/h7-10,13,25H,2-6,11,20H2,1H3/t19-/m0/s1. The Kier molecular flexibility index (Phi) is 5.03. The first-order chi connectivity index (χ1) is 13.1. The summed E-state index contributed by atoms with van der Waals surface area (Å²) in [5, 5.41) is 23.2. The summed E-state index contributed by atoms with van der Waals surface area (Å²) in [4.78, 5) is 4.61. The Morgan fingerprint density at radius 3 is 2.56 bits per heavy atom. The highest BCUT2D eigenvalue weighted by Gasteiger charge is 2.25. The van der Waals surface area contributed by atoms with Gasteiger partial charge in [-0.25, -0.2) is 0 Å². The van der Waals surface area contributed by atoms with Gasteiger partial charge in [-0.05, 0) is 19.8 Å². The van der Waals surface area contributed by atoms with Gasteiger partial charge in [0.1, 0.15) is 10.0 Å². The third kappa shape index (κ3) is 3.78. The van der Waals surface area contributed by atoms with Crippen LogP contribution in [-0.4, -0.2) is 32.1 Å². The Hall–Kier alpha value is -2.16. The number of aromatic nitrogens is 4. The Labute approximate surface area is 161 Å². The number of aliphatic hydroxyl groups excluding tert-OH is 1. The summed E-state index contributed by atoms with van der Waals surface area (Å²) in [7, 11) is 0. The van der Waals surface area contributed by atoms with E-state index < -0.39 is 5.54 Å². The molecule has 1 fully saturated rings. The van der Waals surface area contributed by atoms with E-state index >= 15 is 0 Å². The van der Waals surface area contributed by atoms with Crippen LogP contribution < -0.4 is 5.73 Å². The first kappa shape index (κ1) is 18.2. The molecule has 1 saturated carbocycles. The van der Waals surface area contributed by atoms with E-state index in [2.05, 4.69) is 20.3 Å². The van der Waals surface area contributed by atoms with Crippen LogP contribution in [0.25, 0.3) is 22.0 Å². The topological polar surface area (TPSA) is 111 Å². The summed E-state index contributed by atoms with van der Waals surface area (Å²) >= 11 is 1.39. The molecule has 8 heteroatoms. The average Bonchev–Trinajstić information content (AvgIpc) is 3.39. The van der Waals surface area contributed by atoms with Crippen molar-refractivity contribution in [2.75, 3.05) is 6.61 Å². The number of aliphatic hydroxyl groups is 1. The molecule has 3 aromatic rings. The van der Waals surface area contributed by atoms with E-state index in [1.807, 2.05) is 24.3 Å². The van der Waals surface area contributed by atoms with Crippen molar-refractivity contribution in [1.29, 1.82) is 0 Å². The molecule has 0 spiro atoms. The van der Waals surface area contributed by atoms with Gasteiger partial charge in [0, 0.05) is 17.0 Å². The Morgan fingerprint density at radius 1 is 1.15 bits per heavy atom. The minimum absolute atomic E-state index is 0.179. The largest absolute Gasteiger partial charge is 0.394 e. The number of rotatable bonds is 5. The highest BCUT2D eigenvalue weighted by Crippen LogP contribution is 2.33. The number of hydrogen-bond donors (Lipinski definition) is 2. The van der Waals surface area contributed by atoms with Crippen LogP contribution in [0.3, 0.4) is 0 Å². The van der Waals surface area contributed by atoms with Crippen LogP contribution >= 0.6 is 11.3 Å². The molecule has 3 N–H and O–H groups in total. The number of nitrogens with zero attached hydrogens (tertiary/aromatic N) is 4. The van der Waals surface area contributed by atoms with Crippen molar-refractivity contribution >= 4 is 11.3 Å². The van der Waals surface area contributed by atoms with Gasteiger partial charge in [-0.1, -0.05) is 60.0 Å². The third-order valence-electron chi connectivity index (χ3n) is 5.03. The zero-order valence-corrected chi connectivity index (χ0v) is 16.1. The lowest BCUT2D eigenvalue weighted by Gasteiger charge is -2.17. The smallest absolute Gasteiger partial charge is 0.230 e. The summed E-state index contributed by atoms with van der Waals surface area (Å²) in [5.74, 6) is 1.78. The molecular weight excluding hydrogens is 362 g/mol. The minimum atomic E-state index is -0.879. The molecule has 0 unspecified atom stereocenters. The number of hydrogen-bond acceptors (Lipinski definition) is 8. The van der Waals surface area contributed by atoms with Crippen LogP contribution in [0.2, 0.25) is 0 Å². The van der Waals surface area contributed by atoms with Crippen molar-refractivity contribution in [3.63, 3.8) is 0 Å². The fourth-order valence-electron chi connectivity index (χ4n) is 3.27. The van der Waals surface area contributed by atoms with Crippen molar-refractivity contribution in [3.05, 3.63) is 35.2 Å². The van der Waals surface area contributed by atoms with E-state index in [0.717, 1.165) is 34.9 Å². The summed E-state index contributed by atoms with van der Waals surface area (Å²) in [6.07, 6.45) is 6.04. The molecule has 27 heavy (non-hydrogen) atoms. The Balaban J connectivity index is 1.52. The zero-order valence-electron chi connectivity index (χ0n) is 15.3. The van der Waals surface area contributed by atoms with Crippen LogP contribution in [0.15, 0.2) is 28.8 Å². The van der Waals surface area contributed by atoms with Crippen LogP contribution in [0, 0.1) is 0 Å². The van der Waals surface area contributed by atoms with Crippen molar-refractivity contribution in [3.8, 4) is 22.0 Å². The highest BCUT2D eigenvalue weighted by atomic mass is 32.1. The first-order valence-corrected chi connectivity index (χ1v) is 10.1. The minimum Gasteiger partial charge on any atom is -0.394 e. The molecule has 7 nitrogen and oxygen atoms in total. The predicted octanol–water partition coefficient (Wildman–Crippen LogP) is 3.47. The van der Waals surface area contributed by atoms with Gasteiger partial charge >= 0.3 is 0 Å². The normalized spacial score (nSPS) is 17.7. The van der Waals surface area contributed by atoms with Gasteiger partial charge in [0.15, 0.2) is 0 Å². The monoisotopic (exact) mass is 385 g/mol. The van der Waals surface area contributed by atoms with Crippen LogP contribution in [-0.2, 0) is 5.54 Å². The van der Waals surface area contributed by atoms with Crippen LogP contribution in [0.1, 0.15) is 55.8 Å². The maximum atomic E-state index is 9.38. The molecule has 0 bridgehead atoms. The van der Waals surface area contributed by atoms with Crippen molar-refractivity contribution in [2.45, 2.75) is 50.5 Å². The van der Waals surface area contributed by atoms with E-state index in [0.29, 0.717) is 16.7 Å². The van der Waals surface area contributed by atoms with Crippen molar-refractivity contribution in [2.24, 2.45) is 5.73 Å². The van der Waals surface area contributed by atoms with E-state index in [9.17, 15) is 5.11 Å². The summed E-state index contributed by atoms with van der Waals surface area (Å²) in [6.45, 7) is 1.56. The molecule has 4 rings (SSSR count). The van der Waals surface area contributed by atoms with Crippen molar-refractivity contribution < 1.29 is 9.63 Å². The number of benzene rings is 1. The highest BCUT2D eigenvalue weighted by molar-refractivity contribution is 7.14. The van der Waals surface area contributed by atoms with Gasteiger partial charge in [-0.3, -0.25) is 0 Å². The van der Waals surface area contributed by atoms with E-state index in [1.165, 1.54) is 30.6 Å². The van der Waals surface area contributed by atoms with Gasteiger partial charge in [0.05, 0.1) is 12.1 Å². The molecule has 1 aliphatic rings. The van der Waals surface area contributed by atoms with Gasteiger partial charge < -0.3 is 15.4 Å². The second kappa shape index (κ2) is 7.46. The van der Waals surface area contributed by atoms with Crippen LogP contribution in [0.5, 0.6) is 0 Å². The van der Waals surface area contributed by atoms with Gasteiger partial charge in [0.25, 0.3) is 0 Å². The van der Waals surface area contributed by atoms with Crippen molar-refractivity contribution in [1.82, 2.24) is 20.3 Å². The maximum absolute atomic E-state index is 9.38. The summed E-state index contributed by atoms with van der Waals surface area (Å²) in [5.41, 5.74) is 6.99. The predicted molar refractivity (Wildman–Crippen MR) is 103 cm³/mol. The number of nitrogens with two attached hydrogens (primary N) is 1. The summed E-state index contributed by atoms with van der Waals surface area (Å²) in [6, 6.07) is 7.84. The molecule has 142 valence electrons. The van der Waals surface area contributed by atoms with E-state index in [4.69, 9.17) is 10.3 Å². The first-order valence-electron chi connectivity index (χ1n) is 9.25. The second-order valence-electron chi connectivity index (χ2n) is 7.36. The van der Waals surface area contributed by atoms with Gasteiger partial charge in [-0.2, -0.15) is 4.98 Å². The molecule has 1 atom stereocenters. The fourth-order valence-corrected chi connectivity index (χ4v) is 4.17. The molecule has 0 amide bonds. The molecular formula is C19H23N5O2S. The van der Waals surface area contributed by atoms with E-state index in [1.54, 1.807) is 6.92 Å². The van der Waals surface area contributed by atoms with Gasteiger partial charge in [0.2, 0.25) is 11.7 Å². The van der Waals surface area contributed by atoms with E-state index in [-0.39, 0.29) is 6.61 Å². The molecule has 0 radical (unpaired) electrons. The Morgan fingerprint density at radius 2 is 1.85 bits per heavy atom. The average molecular weight is 385 g/mol.